The van der Waals surface area contributed by atoms with Crippen molar-refractivity contribution in [2.75, 3.05) is 11.2 Å². The molecule has 0 aromatic heterocycles. The molecule has 2 aromatic carbocycles. The highest BCUT2D eigenvalue weighted by molar-refractivity contribution is 6.35. The molecule has 0 unspecified atom stereocenters. The van der Waals surface area contributed by atoms with Gasteiger partial charge in [0, 0.05) is 22.7 Å². The van der Waals surface area contributed by atoms with Crippen LogP contribution in [0.5, 0.6) is 0 Å². The molecule has 2 nitrogen and oxygen atoms in total. The number of anilines is 1. The third kappa shape index (κ3) is 2.79. The second kappa shape index (κ2) is 5.98. The maximum absolute atomic E-state index is 12.3. The maximum Gasteiger partial charge on any atom is 0.256 e. The van der Waals surface area contributed by atoms with E-state index in [1.54, 1.807) is 0 Å². The van der Waals surface area contributed by atoms with E-state index in [2.05, 4.69) is 43.4 Å². The predicted octanol–water partition coefficient (Wildman–Crippen LogP) is 4.58. The summed E-state index contributed by atoms with van der Waals surface area (Å²) in [6.07, 6.45) is 2.78. The number of hydrogen-bond donors (Lipinski definition) is 1. The Balaban J connectivity index is 2.07. The lowest BCUT2D eigenvalue weighted by atomic mass is 9.98. The molecule has 0 spiro atoms. The molecule has 1 heterocycles. The number of rotatable bonds is 3. The number of carbonyl (C=O) groups is 1. The summed E-state index contributed by atoms with van der Waals surface area (Å²) in [5.41, 5.74) is 7.18. The van der Waals surface area contributed by atoms with Gasteiger partial charge in [-0.3, -0.25) is 4.79 Å². The first-order valence-corrected chi connectivity index (χ1v) is 7.91. The topological polar surface area (TPSA) is 29.1 Å². The van der Waals surface area contributed by atoms with Gasteiger partial charge in [0.05, 0.1) is 0 Å². The van der Waals surface area contributed by atoms with Gasteiger partial charge in [0.15, 0.2) is 0 Å². The van der Waals surface area contributed by atoms with Crippen molar-refractivity contribution in [3.8, 4) is 0 Å². The van der Waals surface area contributed by atoms with Gasteiger partial charge in [0.25, 0.3) is 5.91 Å². The van der Waals surface area contributed by atoms with Gasteiger partial charge in [-0.1, -0.05) is 29.8 Å². The average molecular weight is 312 g/mol. The number of carbonyl (C=O) groups excluding carboxylic acids is 1. The van der Waals surface area contributed by atoms with E-state index in [0.29, 0.717) is 5.88 Å². The van der Waals surface area contributed by atoms with Gasteiger partial charge in [-0.25, -0.2) is 0 Å². The number of amides is 1. The van der Waals surface area contributed by atoms with Crippen LogP contribution >= 0.6 is 11.6 Å². The van der Waals surface area contributed by atoms with E-state index in [4.69, 9.17) is 11.6 Å². The van der Waals surface area contributed by atoms with E-state index in [0.717, 1.165) is 34.4 Å². The molecular formula is C19H18ClNO. The van der Waals surface area contributed by atoms with E-state index < -0.39 is 0 Å². The van der Waals surface area contributed by atoms with E-state index in [1.807, 2.05) is 18.2 Å². The van der Waals surface area contributed by atoms with Crippen LogP contribution in [-0.4, -0.2) is 11.8 Å². The number of aryl methyl sites for hydroxylation is 3. The first kappa shape index (κ1) is 14.9. The summed E-state index contributed by atoms with van der Waals surface area (Å²) < 4.78 is 0. The molecule has 1 N–H and O–H groups in total. The molecule has 2 aromatic rings. The molecule has 1 amide bonds. The molecule has 0 saturated carbocycles. The van der Waals surface area contributed by atoms with E-state index in [-0.39, 0.29) is 5.91 Å². The summed E-state index contributed by atoms with van der Waals surface area (Å²) in [6.45, 7) is 4.14. The van der Waals surface area contributed by atoms with Crippen LogP contribution in [0.3, 0.4) is 0 Å². The first-order valence-electron chi connectivity index (χ1n) is 7.38. The van der Waals surface area contributed by atoms with Gasteiger partial charge >= 0.3 is 0 Å². The highest BCUT2D eigenvalue weighted by Crippen LogP contribution is 2.34. The van der Waals surface area contributed by atoms with Crippen molar-refractivity contribution < 1.29 is 4.79 Å². The summed E-state index contributed by atoms with van der Waals surface area (Å²) in [5.74, 6) is 0.536. The van der Waals surface area contributed by atoms with Gasteiger partial charge in [-0.2, -0.15) is 0 Å². The van der Waals surface area contributed by atoms with Crippen molar-refractivity contribution >= 4 is 34.8 Å². The minimum atomic E-state index is -0.0435. The molecule has 3 heteroatoms. The second-order valence-corrected chi connectivity index (χ2v) is 6.07. The van der Waals surface area contributed by atoms with Crippen LogP contribution in [0.1, 0.15) is 27.8 Å². The van der Waals surface area contributed by atoms with Crippen molar-refractivity contribution in [1.29, 1.82) is 0 Å². The van der Waals surface area contributed by atoms with Gasteiger partial charge in [-0.05, 0) is 55.2 Å². The number of benzene rings is 2. The molecule has 0 atom stereocenters. The highest BCUT2D eigenvalue weighted by atomic mass is 35.5. The fourth-order valence-electron chi connectivity index (χ4n) is 2.79. The van der Waals surface area contributed by atoms with Crippen molar-refractivity contribution in [2.24, 2.45) is 0 Å². The molecule has 0 saturated heterocycles. The van der Waals surface area contributed by atoms with Crippen molar-refractivity contribution in [2.45, 2.75) is 20.3 Å². The Morgan fingerprint density at radius 1 is 1.14 bits per heavy atom. The third-order valence-corrected chi connectivity index (χ3v) is 4.16. The zero-order valence-corrected chi connectivity index (χ0v) is 13.5. The second-order valence-electron chi connectivity index (χ2n) is 5.69. The Kier molecular flexibility index (Phi) is 4.04. The Morgan fingerprint density at radius 2 is 1.95 bits per heavy atom. The van der Waals surface area contributed by atoms with Crippen LogP contribution in [0, 0.1) is 13.8 Å². The van der Waals surface area contributed by atoms with E-state index in [1.165, 1.54) is 11.1 Å². The van der Waals surface area contributed by atoms with Crippen LogP contribution in [0.4, 0.5) is 5.69 Å². The van der Waals surface area contributed by atoms with Crippen LogP contribution in [0.15, 0.2) is 36.4 Å². The number of hydrogen-bond acceptors (Lipinski definition) is 1. The molecule has 1 aliphatic rings. The van der Waals surface area contributed by atoms with Gasteiger partial charge in [0.1, 0.15) is 0 Å². The van der Waals surface area contributed by atoms with Gasteiger partial charge < -0.3 is 5.32 Å². The highest BCUT2D eigenvalue weighted by Gasteiger charge is 2.24. The minimum Gasteiger partial charge on any atom is -0.321 e. The lowest BCUT2D eigenvalue weighted by Gasteiger charge is -2.05. The third-order valence-electron chi connectivity index (χ3n) is 3.98. The maximum atomic E-state index is 12.3. The fourth-order valence-corrected chi connectivity index (χ4v) is 3.00. The van der Waals surface area contributed by atoms with Gasteiger partial charge in [-0.15, -0.1) is 11.6 Å². The first-order chi connectivity index (χ1) is 10.6. The molecule has 0 radical (unpaired) electrons. The normalized spacial score (nSPS) is 15.0. The Hall–Kier alpha value is -2.06. The smallest absolute Gasteiger partial charge is 0.256 e. The van der Waals surface area contributed by atoms with Crippen LogP contribution in [0.25, 0.3) is 11.6 Å². The van der Waals surface area contributed by atoms with E-state index in [9.17, 15) is 4.79 Å². The summed E-state index contributed by atoms with van der Waals surface area (Å²) in [4.78, 5) is 12.3. The number of fused-ring (bicyclic) bond motifs is 1. The molecule has 112 valence electrons. The predicted molar refractivity (Wildman–Crippen MR) is 93.3 cm³/mol. The zero-order valence-electron chi connectivity index (χ0n) is 12.7. The Bertz CT molecular complexity index is 777. The average Bonchev–Trinajstić information content (AvgIpc) is 2.78. The monoisotopic (exact) mass is 311 g/mol. The van der Waals surface area contributed by atoms with Crippen LogP contribution < -0.4 is 5.32 Å². The standard InChI is InChI=1S/C19H18ClNO/c1-12-3-5-15(13(2)9-12)11-17-16-10-14(7-8-20)4-6-18(16)21-19(17)22/h3-6,9-11H,7-8H2,1-2H3,(H,21,22). The van der Waals surface area contributed by atoms with Crippen molar-refractivity contribution in [1.82, 2.24) is 0 Å². The minimum absolute atomic E-state index is 0.0435. The fraction of sp³-hybridized carbons (Fsp3) is 0.211. The molecule has 3 rings (SSSR count). The summed E-state index contributed by atoms with van der Waals surface area (Å²) in [6, 6.07) is 12.3. The van der Waals surface area contributed by atoms with Crippen LogP contribution in [0.2, 0.25) is 0 Å². The zero-order chi connectivity index (χ0) is 15.7. The number of alkyl halides is 1. The quantitative estimate of drug-likeness (QED) is 0.652. The summed E-state index contributed by atoms with van der Waals surface area (Å²) in [7, 11) is 0. The number of halogens is 1. The van der Waals surface area contributed by atoms with E-state index >= 15 is 0 Å². The van der Waals surface area contributed by atoms with Crippen LogP contribution in [-0.2, 0) is 11.2 Å². The molecule has 0 aliphatic carbocycles. The lowest BCUT2D eigenvalue weighted by Crippen LogP contribution is -2.03. The molecule has 22 heavy (non-hydrogen) atoms. The molecule has 0 fully saturated rings. The Morgan fingerprint density at radius 3 is 2.68 bits per heavy atom. The lowest BCUT2D eigenvalue weighted by molar-refractivity contribution is -0.110. The largest absolute Gasteiger partial charge is 0.321 e. The molecule has 0 bridgehead atoms. The van der Waals surface area contributed by atoms with Gasteiger partial charge in [0.2, 0.25) is 0 Å². The molecular weight excluding hydrogens is 294 g/mol. The summed E-state index contributed by atoms with van der Waals surface area (Å²) >= 11 is 5.82. The SMILES string of the molecule is Cc1ccc(C=C2C(=O)Nc3ccc(CCCl)cc32)c(C)c1. The summed E-state index contributed by atoms with van der Waals surface area (Å²) in [5, 5.41) is 2.93. The van der Waals surface area contributed by atoms with Crippen molar-refractivity contribution in [3.05, 3.63) is 64.2 Å². The Labute approximate surface area is 135 Å². The number of nitrogens with one attached hydrogen (secondary N) is 1. The van der Waals surface area contributed by atoms with Crippen molar-refractivity contribution in [3.63, 3.8) is 0 Å². The molecule has 1 aliphatic heterocycles.